The third-order valence-electron chi connectivity index (χ3n) is 4.13. The Morgan fingerprint density at radius 2 is 1.67 bits per heavy atom. The Morgan fingerprint density at radius 3 is 2.38 bits per heavy atom. The summed E-state index contributed by atoms with van der Waals surface area (Å²) in [4.78, 5) is 0.0672. The fraction of sp³-hybridized carbons (Fsp3) is 0.250. The van der Waals surface area contributed by atoms with E-state index in [0.717, 1.165) is 24.8 Å². The van der Waals surface area contributed by atoms with Gasteiger partial charge >= 0.3 is 0 Å². The van der Waals surface area contributed by atoms with Crippen LogP contribution in [-0.2, 0) is 32.9 Å². The maximum atomic E-state index is 12.6. The molecule has 0 saturated carbocycles. The maximum Gasteiger partial charge on any atom is 0.261 e. The van der Waals surface area contributed by atoms with Gasteiger partial charge in [0.05, 0.1) is 15.5 Å². The molecule has 1 aliphatic rings. The van der Waals surface area contributed by atoms with Gasteiger partial charge in [-0.05, 0) is 67.1 Å². The van der Waals surface area contributed by atoms with Gasteiger partial charge in [0.15, 0.2) is 0 Å². The van der Waals surface area contributed by atoms with Gasteiger partial charge in [-0.15, -0.1) is 0 Å². The lowest BCUT2D eigenvalue weighted by atomic mass is 10.1. The van der Waals surface area contributed by atoms with Crippen LogP contribution in [0.2, 0.25) is 0 Å². The minimum absolute atomic E-state index is 0.100. The van der Waals surface area contributed by atoms with Crippen molar-refractivity contribution in [1.29, 1.82) is 0 Å². The molecule has 0 aromatic heterocycles. The van der Waals surface area contributed by atoms with Crippen molar-refractivity contribution in [2.75, 3.05) is 4.72 Å². The van der Waals surface area contributed by atoms with Crippen LogP contribution in [0.1, 0.15) is 23.1 Å². The Morgan fingerprint density at radius 1 is 0.958 bits per heavy atom. The van der Waals surface area contributed by atoms with E-state index in [0.29, 0.717) is 5.56 Å². The number of aryl methyl sites for hydroxylation is 3. The highest BCUT2D eigenvalue weighted by Crippen LogP contribution is 2.26. The highest BCUT2D eigenvalue weighted by Gasteiger charge is 2.20. The quantitative estimate of drug-likeness (QED) is 0.862. The molecule has 0 spiro atoms. The Bertz CT molecular complexity index is 1010. The molecule has 0 saturated heterocycles. The maximum absolute atomic E-state index is 12.6. The normalized spacial score (nSPS) is 14.4. The van der Waals surface area contributed by atoms with Gasteiger partial charge in [-0.25, -0.2) is 22.0 Å². The molecule has 0 atom stereocenters. The van der Waals surface area contributed by atoms with Crippen LogP contribution < -0.4 is 9.86 Å². The minimum Gasteiger partial charge on any atom is -0.280 e. The summed E-state index contributed by atoms with van der Waals surface area (Å²) < 4.78 is 50.7. The lowest BCUT2D eigenvalue weighted by molar-refractivity contribution is 0.596. The summed E-state index contributed by atoms with van der Waals surface area (Å²) in [5.41, 5.74) is 2.84. The van der Waals surface area contributed by atoms with E-state index in [2.05, 4.69) is 4.72 Å². The van der Waals surface area contributed by atoms with Crippen LogP contribution in [0, 0.1) is 6.92 Å². The van der Waals surface area contributed by atoms with Crippen molar-refractivity contribution in [2.45, 2.75) is 36.0 Å². The third kappa shape index (κ3) is 3.31. The van der Waals surface area contributed by atoms with Crippen LogP contribution in [0.15, 0.2) is 46.2 Å². The predicted octanol–water partition coefficient (Wildman–Crippen LogP) is 1.93. The number of fused-ring (bicyclic) bond motifs is 1. The SMILES string of the molecule is Cc1ccc(NS(=O)(=O)c2ccc3c(c2)CCC3)cc1S(N)(=O)=O. The van der Waals surface area contributed by atoms with Crippen molar-refractivity contribution in [1.82, 2.24) is 0 Å². The van der Waals surface area contributed by atoms with Gasteiger partial charge in [0, 0.05) is 0 Å². The largest absolute Gasteiger partial charge is 0.280 e. The van der Waals surface area contributed by atoms with Crippen molar-refractivity contribution in [3.05, 3.63) is 53.1 Å². The first kappa shape index (κ1) is 16.9. The first-order valence-corrected chi connectivity index (χ1v) is 10.5. The highest BCUT2D eigenvalue weighted by molar-refractivity contribution is 7.92. The summed E-state index contributed by atoms with van der Waals surface area (Å²) >= 11 is 0. The van der Waals surface area contributed by atoms with Crippen molar-refractivity contribution < 1.29 is 16.8 Å². The summed E-state index contributed by atoms with van der Waals surface area (Å²) in [6.07, 6.45) is 2.87. The molecule has 1 aliphatic carbocycles. The number of nitrogens with one attached hydrogen (secondary N) is 1. The number of rotatable bonds is 4. The van der Waals surface area contributed by atoms with Crippen molar-refractivity contribution >= 4 is 25.7 Å². The number of hydrogen-bond donors (Lipinski definition) is 2. The average molecular weight is 366 g/mol. The van der Waals surface area contributed by atoms with E-state index in [9.17, 15) is 16.8 Å². The molecule has 0 bridgehead atoms. The summed E-state index contributed by atoms with van der Waals surface area (Å²) in [6.45, 7) is 1.60. The molecule has 0 heterocycles. The summed E-state index contributed by atoms with van der Waals surface area (Å²) in [6, 6.07) is 9.34. The molecule has 0 aliphatic heterocycles. The van der Waals surface area contributed by atoms with E-state index in [1.165, 1.54) is 23.8 Å². The number of hydrogen-bond acceptors (Lipinski definition) is 4. The van der Waals surface area contributed by atoms with Crippen LogP contribution >= 0.6 is 0 Å². The number of benzene rings is 2. The number of primary sulfonamides is 1. The zero-order valence-electron chi connectivity index (χ0n) is 13.1. The first-order chi connectivity index (χ1) is 11.2. The second-order valence-electron chi connectivity index (χ2n) is 5.91. The van der Waals surface area contributed by atoms with Gasteiger partial charge in [0.1, 0.15) is 0 Å². The smallest absolute Gasteiger partial charge is 0.261 e. The molecule has 6 nitrogen and oxygen atoms in total. The molecule has 3 N–H and O–H groups in total. The predicted molar refractivity (Wildman–Crippen MR) is 91.8 cm³/mol. The fourth-order valence-electron chi connectivity index (χ4n) is 2.90. The molecule has 0 fully saturated rings. The summed E-state index contributed by atoms with van der Waals surface area (Å²) in [5, 5.41) is 5.16. The highest BCUT2D eigenvalue weighted by atomic mass is 32.2. The summed E-state index contributed by atoms with van der Waals surface area (Å²) in [7, 11) is -7.71. The number of nitrogens with two attached hydrogens (primary N) is 1. The van der Waals surface area contributed by atoms with Gasteiger partial charge in [-0.3, -0.25) is 4.72 Å². The minimum atomic E-state index is -3.92. The zero-order chi connectivity index (χ0) is 17.5. The first-order valence-electron chi connectivity index (χ1n) is 7.45. The monoisotopic (exact) mass is 366 g/mol. The van der Waals surface area contributed by atoms with Gasteiger partial charge in [0.2, 0.25) is 10.0 Å². The molecular weight excluding hydrogens is 348 g/mol. The van der Waals surface area contributed by atoms with E-state index in [-0.39, 0.29) is 15.5 Å². The van der Waals surface area contributed by atoms with Crippen molar-refractivity contribution in [3.63, 3.8) is 0 Å². The van der Waals surface area contributed by atoms with E-state index in [1.807, 2.05) is 6.07 Å². The lowest BCUT2D eigenvalue weighted by Crippen LogP contribution is -2.16. The standard InChI is InChI=1S/C16H18N2O4S2/c1-11-5-7-14(10-16(11)23(17,19)20)18-24(21,22)15-8-6-12-3-2-4-13(12)9-15/h5-10,18H,2-4H2,1H3,(H2,17,19,20). The van der Waals surface area contributed by atoms with E-state index in [4.69, 9.17) is 5.14 Å². The Labute approximate surface area is 141 Å². The number of anilines is 1. The van der Waals surface area contributed by atoms with Crippen molar-refractivity contribution in [2.24, 2.45) is 5.14 Å². The van der Waals surface area contributed by atoms with Crippen LogP contribution in [0.25, 0.3) is 0 Å². The third-order valence-corrected chi connectivity index (χ3v) is 6.56. The molecule has 0 unspecified atom stereocenters. The average Bonchev–Trinajstić information content (AvgIpc) is 2.95. The molecule has 3 rings (SSSR count). The molecule has 2 aromatic carbocycles. The molecule has 128 valence electrons. The van der Waals surface area contributed by atoms with Gasteiger partial charge in [-0.2, -0.15) is 0 Å². The fourth-order valence-corrected chi connectivity index (χ4v) is 4.81. The zero-order valence-corrected chi connectivity index (χ0v) is 14.7. The Kier molecular flexibility index (Phi) is 4.15. The second kappa shape index (κ2) is 5.87. The van der Waals surface area contributed by atoms with E-state index in [1.54, 1.807) is 19.1 Å². The number of sulfonamides is 2. The Hall–Kier alpha value is -1.90. The molecule has 8 heteroatoms. The van der Waals surface area contributed by atoms with Gasteiger partial charge < -0.3 is 0 Å². The van der Waals surface area contributed by atoms with Gasteiger partial charge in [-0.1, -0.05) is 12.1 Å². The molecule has 0 radical (unpaired) electrons. The van der Waals surface area contributed by atoms with E-state index < -0.39 is 20.0 Å². The lowest BCUT2D eigenvalue weighted by Gasteiger charge is -2.11. The molecule has 2 aromatic rings. The Balaban J connectivity index is 1.96. The van der Waals surface area contributed by atoms with Crippen molar-refractivity contribution in [3.8, 4) is 0 Å². The van der Waals surface area contributed by atoms with E-state index >= 15 is 0 Å². The molecule has 0 amide bonds. The second-order valence-corrected chi connectivity index (χ2v) is 9.13. The van der Waals surface area contributed by atoms with Crippen LogP contribution in [-0.4, -0.2) is 16.8 Å². The topological polar surface area (TPSA) is 106 Å². The summed E-state index contributed by atoms with van der Waals surface area (Å²) in [5.74, 6) is 0. The van der Waals surface area contributed by atoms with Crippen LogP contribution in [0.5, 0.6) is 0 Å². The van der Waals surface area contributed by atoms with Gasteiger partial charge in [0.25, 0.3) is 10.0 Å². The van der Waals surface area contributed by atoms with Crippen LogP contribution in [0.3, 0.4) is 0 Å². The van der Waals surface area contributed by atoms with Crippen LogP contribution in [0.4, 0.5) is 5.69 Å². The molecular formula is C16H18N2O4S2. The molecule has 24 heavy (non-hydrogen) atoms.